The summed E-state index contributed by atoms with van der Waals surface area (Å²) in [4.78, 5) is 6.84. The maximum atomic E-state index is 6.33. The number of piperidine rings is 1. The van der Waals surface area contributed by atoms with Gasteiger partial charge in [0.15, 0.2) is 0 Å². The molecule has 104 valence electrons. The standard InChI is InChI=1S/C14H19Cl2N3/c15-10-8-11(16)14(18-9-10)19-7-2-1-5-13(19)12-4-3-6-17-12/h8-9,12-13,17H,1-7H2. The number of nitrogens with one attached hydrogen (secondary N) is 1. The third kappa shape index (κ3) is 2.83. The summed E-state index contributed by atoms with van der Waals surface area (Å²) in [7, 11) is 0. The lowest BCUT2D eigenvalue weighted by Crippen LogP contribution is -2.50. The predicted molar refractivity (Wildman–Crippen MR) is 80.3 cm³/mol. The van der Waals surface area contributed by atoms with E-state index in [1.165, 1.54) is 32.1 Å². The van der Waals surface area contributed by atoms with Gasteiger partial charge in [0.25, 0.3) is 0 Å². The van der Waals surface area contributed by atoms with E-state index >= 15 is 0 Å². The Morgan fingerprint density at radius 2 is 2.11 bits per heavy atom. The van der Waals surface area contributed by atoms with Crippen molar-refractivity contribution in [3.05, 3.63) is 22.3 Å². The topological polar surface area (TPSA) is 28.2 Å². The highest BCUT2D eigenvalue weighted by Gasteiger charge is 2.33. The Bertz CT molecular complexity index is 446. The van der Waals surface area contributed by atoms with Crippen molar-refractivity contribution in [2.24, 2.45) is 0 Å². The van der Waals surface area contributed by atoms with Crippen molar-refractivity contribution in [2.45, 2.75) is 44.2 Å². The molecule has 0 radical (unpaired) electrons. The second-order valence-corrected chi connectivity index (χ2v) is 6.26. The summed E-state index contributed by atoms with van der Waals surface area (Å²) in [6, 6.07) is 2.88. The van der Waals surface area contributed by atoms with Crippen molar-refractivity contribution in [3.63, 3.8) is 0 Å². The molecule has 1 aromatic rings. The zero-order valence-corrected chi connectivity index (χ0v) is 12.4. The fraction of sp³-hybridized carbons (Fsp3) is 0.643. The van der Waals surface area contributed by atoms with E-state index in [0.29, 0.717) is 22.1 Å². The first-order valence-electron chi connectivity index (χ1n) is 7.07. The number of aromatic nitrogens is 1. The molecule has 2 unspecified atom stereocenters. The molecule has 2 aliphatic heterocycles. The highest BCUT2D eigenvalue weighted by atomic mass is 35.5. The molecule has 0 spiro atoms. The quantitative estimate of drug-likeness (QED) is 0.906. The molecule has 2 atom stereocenters. The maximum absolute atomic E-state index is 6.33. The summed E-state index contributed by atoms with van der Waals surface area (Å²) in [5.41, 5.74) is 0. The molecule has 5 heteroatoms. The highest BCUT2D eigenvalue weighted by molar-refractivity contribution is 6.36. The summed E-state index contributed by atoms with van der Waals surface area (Å²) < 4.78 is 0. The van der Waals surface area contributed by atoms with Gasteiger partial charge in [-0.05, 0) is 44.7 Å². The van der Waals surface area contributed by atoms with Crippen LogP contribution in [0.4, 0.5) is 5.82 Å². The van der Waals surface area contributed by atoms with Gasteiger partial charge in [0, 0.05) is 24.8 Å². The monoisotopic (exact) mass is 299 g/mol. The molecule has 1 aromatic heterocycles. The number of rotatable bonds is 2. The molecular formula is C14H19Cl2N3. The van der Waals surface area contributed by atoms with Gasteiger partial charge in [-0.2, -0.15) is 0 Å². The molecule has 0 aromatic carbocycles. The number of anilines is 1. The van der Waals surface area contributed by atoms with Gasteiger partial charge in [0.1, 0.15) is 5.82 Å². The maximum Gasteiger partial charge on any atom is 0.147 e. The molecule has 2 saturated heterocycles. The molecule has 2 fully saturated rings. The van der Waals surface area contributed by atoms with Crippen LogP contribution in [-0.2, 0) is 0 Å². The van der Waals surface area contributed by atoms with Gasteiger partial charge in [-0.1, -0.05) is 23.2 Å². The second-order valence-electron chi connectivity index (χ2n) is 5.42. The molecular weight excluding hydrogens is 281 g/mol. The van der Waals surface area contributed by atoms with Crippen molar-refractivity contribution in [1.82, 2.24) is 10.3 Å². The van der Waals surface area contributed by atoms with Crippen LogP contribution >= 0.6 is 23.2 Å². The van der Waals surface area contributed by atoms with Gasteiger partial charge >= 0.3 is 0 Å². The van der Waals surface area contributed by atoms with Crippen LogP contribution < -0.4 is 10.2 Å². The highest BCUT2D eigenvalue weighted by Crippen LogP contribution is 2.33. The smallest absolute Gasteiger partial charge is 0.147 e. The fourth-order valence-electron chi connectivity index (χ4n) is 3.30. The van der Waals surface area contributed by atoms with Crippen LogP contribution in [0.25, 0.3) is 0 Å². The molecule has 0 bridgehead atoms. The summed E-state index contributed by atoms with van der Waals surface area (Å²) in [5, 5.41) is 4.88. The van der Waals surface area contributed by atoms with Crippen LogP contribution in [-0.4, -0.2) is 30.2 Å². The molecule has 19 heavy (non-hydrogen) atoms. The lowest BCUT2D eigenvalue weighted by molar-refractivity contribution is 0.376. The van der Waals surface area contributed by atoms with Gasteiger partial charge in [-0.15, -0.1) is 0 Å². The summed E-state index contributed by atoms with van der Waals surface area (Å²) >= 11 is 12.3. The minimum Gasteiger partial charge on any atom is -0.351 e. The average Bonchev–Trinajstić information content (AvgIpc) is 2.93. The fourth-order valence-corrected chi connectivity index (χ4v) is 3.79. The van der Waals surface area contributed by atoms with Gasteiger partial charge in [-0.3, -0.25) is 0 Å². The van der Waals surface area contributed by atoms with E-state index in [1.54, 1.807) is 12.3 Å². The van der Waals surface area contributed by atoms with Gasteiger partial charge < -0.3 is 10.2 Å². The van der Waals surface area contributed by atoms with Crippen LogP contribution in [0.1, 0.15) is 32.1 Å². The van der Waals surface area contributed by atoms with E-state index in [0.717, 1.165) is 18.9 Å². The number of nitrogens with zero attached hydrogens (tertiary/aromatic N) is 2. The molecule has 0 saturated carbocycles. The molecule has 3 nitrogen and oxygen atoms in total. The van der Waals surface area contributed by atoms with Crippen molar-refractivity contribution in [1.29, 1.82) is 0 Å². The Kier molecular flexibility index (Phi) is 4.15. The van der Waals surface area contributed by atoms with Crippen molar-refractivity contribution >= 4 is 29.0 Å². The predicted octanol–water partition coefficient (Wildman–Crippen LogP) is 3.50. The molecule has 2 aliphatic rings. The SMILES string of the molecule is Clc1cnc(N2CCCCC2C2CCCN2)c(Cl)c1. The van der Waals surface area contributed by atoms with Gasteiger partial charge in [-0.25, -0.2) is 4.98 Å². The molecule has 3 heterocycles. The lowest BCUT2D eigenvalue weighted by atomic mass is 9.94. The first-order chi connectivity index (χ1) is 9.25. The third-order valence-corrected chi connectivity index (χ3v) is 4.66. The number of halogens is 2. The van der Waals surface area contributed by atoms with E-state index < -0.39 is 0 Å². The Balaban J connectivity index is 1.86. The van der Waals surface area contributed by atoms with Crippen LogP contribution in [0.5, 0.6) is 0 Å². The first-order valence-corrected chi connectivity index (χ1v) is 7.82. The zero-order valence-electron chi connectivity index (χ0n) is 10.9. The van der Waals surface area contributed by atoms with E-state index in [4.69, 9.17) is 23.2 Å². The Morgan fingerprint density at radius 1 is 1.21 bits per heavy atom. The van der Waals surface area contributed by atoms with Gasteiger partial charge in [0.2, 0.25) is 0 Å². The average molecular weight is 300 g/mol. The lowest BCUT2D eigenvalue weighted by Gasteiger charge is -2.40. The van der Waals surface area contributed by atoms with Crippen molar-refractivity contribution < 1.29 is 0 Å². The Hall–Kier alpha value is -0.510. The Labute approximate surface area is 124 Å². The number of pyridine rings is 1. The summed E-state index contributed by atoms with van der Waals surface area (Å²) in [6.07, 6.45) is 7.95. The summed E-state index contributed by atoms with van der Waals surface area (Å²) in [5.74, 6) is 0.893. The van der Waals surface area contributed by atoms with Crippen LogP contribution in [0.3, 0.4) is 0 Å². The molecule has 0 aliphatic carbocycles. The van der Waals surface area contributed by atoms with Crippen LogP contribution in [0.2, 0.25) is 10.0 Å². The van der Waals surface area contributed by atoms with Crippen LogP contribution in [0, 0.1) is 0 Å². The zero-order chi connectivity index (χ0) is 13.2. The van der Waals surface area contributed by atoms with Crippen molar-refractivity contribution in [2.75, 3.05) is 18.0 Å². The largest absolute Gasteiger partial charge is 0.351 e. The minimum absolute atomic E-state index is 0.516. The third-order valence-electron chi connectivity index (χ3n) is 4.17. The van der Waals surface area contributed by atoms with E-state index in [9.17, 15) is 0 Å². The summed E-state index contributed by atoms with van der Waals surface area (Å²) in [6.45, 7) is 2.17. The first kappa shape index (κ1) is 13.5. The van der Waals surface area contributed by atoms with Crippen LogP contribution in [0.15, 0.2) is 12.3 Å². The van der Waals surface area contributed by atoms with Crippen molar-refractivity contribution in [3.8, 4) is 0 Å². The number of hydrogen-bond donors (Lipinski definition) is 1. The Morgan fingerprint density at radius 3 is 2.84 bits per heavy atom. The molecule has 3 rings (SSSR count). The molecule has 0 amide bonds. The normalized spacial score (nSPS) is 27.8. The second kappa shape index (κ2) is 5.86. The van der Waals surface area contributed by atoms with E-state index in [-0.39, 0.29) is 0 Å². The van der Waals surface area contributed by atoms with E-state index in [2.05, 4.69) is 15.2 Å². The van der Waals surface area contributed by atoms with Gasteiger partial charge in [0.05, 0.1) is 10.0 Å². The minimum atomic E-state index is 0.516. The molecule has 1 N–H and O–H groups in total. The van der Waals surface area contributed by atoms with E-state index in [1.807, 2.05) is 0 Å². The number of hydrogen-bond acceptors (Lipinski definition) is 3.